The molecule has 1 amide bonds. The number of amides is 1. The third kappa shape index (κ3) is 4.19. The summed E-state index contributed by atoms with van der Waals surface area (Å²) in [7, 11) is 0. The average Bonchev–Trinajstić information content (AvgIpc) is 2.93. The number of carbonyl (C=O) groups is 1. The van der Waals surface area contributed by atoms with Crippen molar-refractivity contribution < 1.29 is 4.79 Å². The van der Waals surface area contributed by atoms with Crippen LogP contribution in [-0.2, 0) is 17.8 Å². The van der Waals surface area contributed by atoms with E-state index in [1.165, 1.54) is 10.6 Å². The summed E-state index contributed by atoms with van der Waals surface area (Å²) in [6.45, 7) is 9.51. The molecule has 28 heavy (non-hydrogen) atoms. The fraction of sp³-hybridized carbons (Fsp3) is 0.333. The van der Waals surface area contributed by atoms with Gasteiger partial charge >= 0.3 is 0 Å². The van der Waals surface area contributed by atoms with Crippen molar-refractivity contribution in [2.75, 3.05) is 5.32 Å². The summed E-state index contributed by atoms with van der Waals surface area (Å²) in [4.78, 5) is 29.9. The van der Waals surface area contributed by atoms with Crippen LogP contribution in [0.3, 0.4) is 0 Å². The van der Waals surface area contributed by atoms with Gasteiger partial charge in [-0.3, -0.25) is 14.2 Å². The van der Waals surface area contributed by atoms with E-state index in [0.29, 0.717) is 23.8 Å². The van der Waals surface area contributed by atoms with E-state index in [4.69, 9.17) is 0 Å². The minimum Gasteiger partial charge on any atom is -0.325 e. The van der Waals surface area contributed by atoms with Gasteiger partial charge in [-0.15, -0.1) is 0 Å². The molecule has 146 valence electrons. The molecule has 0 radical (unpaired) electrons. The smallest absolute Gasteiger partial charge is 0.255 e. The Bertz CT molecular complexity index is 1070. The largest absolute Gasteiger partial charge is 0.325 e. The highest BCUT2D eigenvalue weighted by Crippen LogP contribution is 2.14. The van der Waals surface area contributed by atoms with Gasteiger partial charge in [-0.25, -0.2) is 9.67 Å². The molecule has 7 heteroatoms. The minimum atomic E-state index is -0.291. The Morgan fingerprint density at radius 1 is 1.04 bits per heavy atom. The van der Waals surface area contributed by atoms with E-state index in [1.807, 2.05) is 58.9 Å². The fourth-order valence-electron chi connectivity index (χ4n) is 3.25. The van der Waals surface area contributed by atoms with Crippen molar-refractivity contribution in [3.8, 4) is 5.95 Å². The van der Waals surface area contributed by atoms with Gasteiger partial charge in [0.1, 0.15) is 6.54 Å². The second kappa shape index (κ2) is 7.80. The van der Waals surface area contributed by atoms with Crippen molar-refractivity contribution in [3.63, 3.8) is 0 Å². The molecule has 0 atom stereocenters. The Hall–Kier alpha value is -3.22. The zero-order valence-electron chi connectivity index (χ0n) is 16.9. The SMILES string of the molecule is CCc1cc(=O)n(CC(=O)Nc2cc(C)cc(C)c2)c(-n2nc(C)cc2C)n1. The van der Waals surface area contributed by atoms with E-state index in [9.17, 15) is 9.59 Å². The summed E-state index contributed by atoms with van der Waals surface area (Å²) in [5.41, 5.74) is 4.89. The number of aryl methyl sites for hydroxylation is 5. The lowest BCUT2D eigenvalue weighted by Crippen LogP contribution is -2.32. The molecule has 7 nitrogen and oxygen atoms in total. The zero-order chi connectivity index (χ0) is 20.4. The van der Waals surface area contributed by atoms with Crippen LogP contribution in [0.1, 0.15) is 35.1 Å². The molecule has 0 aliphatic heterocycles. The Morgan fingerprint density at radius 2 is 1.71 bits per heavy atom. The third-order valence-corrected chi connectivity index (χ3v) is 4.41. The normalized spacial score (nSPS) is 10.9. The molecule has 0 spiro atoms. The Balaban J connectivity index is 1.98. The second-order valence-corrected chi connectivity index (χ2v) is 7.09. The molecule has 3 aromatic rings. The van der Waals surface area contributed by atoms with Crippen molar-refractivity contribution in [1.82, 2.24) is 19.3 Å². The first-order chi connectivity index (χ1) is 13.3. The van der Waals surface area contributed by atoms with Gasteiger partial charge in [0.2, 0.25) is 11.9 Å². The van der Waals surface area contributed by atoms with Crippen molar-refractivity contribution in [2.45, 2.75) is 47.6 Å². The van der Waals surface area contributed by atoms with E-state index < -0.39 is 0 Å². The summed E-state index contributed by atoms with van der Waals surface area (Å²) in [5, 5.41) is 7.31. The first-order valence-electron chi connectivity index (χ1n) is 9.29. The number of anilines is 1. The molecule has 2 aromatic heterocycles. The van der Waals surface area contributed by atoms with Crippen LogP contribution in [0.25, 0.3) is 5.95 Å². The maximum absolute atomic E-state index is 12.7. The lowest BCUT2D eigenvalue weighted by Gasteiger charge is -2.14. The number of hydrogen-bond acceptors (Lipinski definition) is 4. The van der Waals surface area contributed by atoms with E-state index in [2.05, 4.69) is 15.4 Å². The van der Waals surface area contributed by atoms with Crippen LogP contribution in [0.2, 0.25) is 0 Å². The number of nitrogens with zero attached hydrogens (tertiary/aromatic N) is 4. The number of hydrogen-bond donors (Lipinski definition) is 1. The lowest BCUT2D eigenvalue weighted by atomic mass is 10.1. The molecule has 0 saturated heterocycles. The molecule has 0 saturated carbocycles. The van der Waals surface area contributed by atoms with Gasteiger partial charge in [0.05, 0.1) is 5.69 Å². The van der Waals surface area contributed by atoms with Gasteiger partial charge in [0.25, 0.3) is 5.56 Å². The van der Waals surface area contributed by atoms with E-state index in [1.54, 1.807) is 4.68 Å². The molecule has 0 aliphatic rings. The van der Waals surface area contributed by atoms with Crippen molar-refractivity contribution >= 4 is 11.6 Å². The van der Waals surface area contributed by atoms with Crippen LogP contribution in [0.5, 0.6) is 0 Å². The van der Waals surface area contributed by atoms with Crippen LogP contribution >= 0.6 is 0 Å². The number of nitrogens with one attached hydrogen (secondary N) is 1. The highest BCUT2D eigenvalue weighted by atomic mass is 16.2. The highest BCUT2D eigenvalue weighted by Gasteiger charge is 2.16. The number of rotatable bonds is 5. The van der Waals surface area contributed by atoms with Crippen LogP contribution in [0.15, 0.2) is 35.1 Å². The molecule has 0 bridgehead atoms. The monoisotopic (exact) mass is 379 g/mol. The summed E-state index contributed by atoms with van der Waals surface area (Å²) in [5.74, 6) is 0.0615. The second-order valence-electron chi connectivity index (χ2n) is 7.09. The molecule has 0 unspecified atom stereocenters. The van der Waals surface area contributed by atoms with Crippen molar-refractivity contribution in [2.24, 2.45) is 0 Å². The summed E-state index contributed by atoms with van der Waals surface area (Å²) in [6.07, 6.45) is 0.622. The van der Waals surface area contributed by atoms with Gasteiger partial charge in [-0.05, 0) is 63.4 Å². The molecule has 3 rings (SSSR count). The van der Waals surface area contributed by atoms with E-state index in [0.717, 1.165) is 22.5 Å². The topological polar surface area (TPSA) is 81.8 Å². The number of benzene rings is 1. The molecule has 0 aliphatic carbocycles. The van der Waals surface area contributed by atoms with E-state index in [-0.39, 0.29) is 18.0 Å². The van der Waals surface area contributed by atoms with Crippen molar-refractivity contribution in [3.05, 3.63) is 68.9 Å². The van der Waals surface area contributed by atoms with Crippen LogP contribution < -0.4 is 10.9 Å². The third-order valence-electron chi connectivity index (χ3n) is 4.41. The molecule has 1 N–H and O–H groups in total. The summed E-state index contributed by atoms with van der Waals surface area (Å²) < 4.78 is 2.97. The lowest BCUT2D eigenvalue weighted by molar-refractivity contribution is -0.116. The molecule has 0 fully saturated rings. The van der Waals surface area contributed by atoms with Gasteiger partial charge in [-0.1, -0.05) is 13.0 Å². The van der Waals surface area contributed by atoms with Gasteiger partial charge < -0.3 is 5.32 Å². The quantitative estimate of drug-likeness (QED) is 0.739. The fourth-order valence-corrected chi connectivity index (χ4v) is 3.25. The summed E-state index contributed by atoms with van der Waals surface area (Å²) >= 11 is 0. The van der Waals surface area contributed by atoms with Gasteiger partial charge in [-0.2, -0.15) is 5.10 Å². The van der Waals surface area contributed by atoms with Crippen molar-refractivity contribution in [1.29, 1.82) is 0 Å². The standard InChI is InChI=1S/C21H25N5O2/c1-6-17-11-20(28)25(21(23-17)26-16(5)10-15(4)24-26)12-19(27)22-18-8-13(2)7-14(3)9-18/h7-11H,6,12H2,1-5H3,(H,22,27). The molecule has 2 heterocycles. The van der Waals surface area contributed by atoms with Gasteiger partial charge in [0.15, 0.2) is 0 Å². The predicted octanol–water partition coefficient (Wildman–Crippen LogP) is 2.86. The Labute approximate surface area is 164 Å². The Kier molecular flexibility index (Phi) is 5.44. The van der Waals surface area contributed by atoms with Crippen LogP contribution in [0.4, 0.5) is 5.69 Å². The predicted molar refractivity (Wildman–Crippen MR) is 109 cm³/mol. The molecular weight excluding hydrogens is 354 g/mol. The van der Waals surface area contributed by atoms with E-state index >= 15 is 0 Å². The Morgan fingerprint density at radius 3 is 2.29 bits per heavy atom. The highest BCUT2D eigenvalue weighted by molar-refractivity contribution is 5.90. The van der Waals surface area contributed by atoms with Crippen LogP contribution in [0, 0.1) is 27.7 Å². The maximum atomic E-state index is 12.7. The number of aromatic nitrogens is 4. The van der Waals surface area contributed by atoms with Crippen LogP contribution in [-0.4, -0.2) is 25.2 Å². The minimum absolute atomic E-state index is 0.142. The van der Waals surface area contributed by atoms with Gasteiger partial charge in [0, 0.05) is 23.1 Å². The summed E-state index contributed by atoms with van der Waals surface area (Å²) in [6, 6.07) is 9.21. The number of carbonyl (C=O) groups excluding carboxylic acids is 1. The zero-order valence-corrected chi connectivity index (χ0v) is 16.9. The first kappa shape index (κ1) is 19.5. The average molecular weight is 379 g/mol. The molecule has 1 aromatic carbocycles. The maximum Gasteiger partial charge on any atom is 0.255 e. The first-order valence-corrected chi connectivity index (χ1v) is 9.29. The molecular formula is C21H25N5O2.